The van der Waals surface area contributed by atoms with Crippen molar-refractivity contribution in [1.82, 2.24) is 10.2 Å². The smallest absolute Gasteiger partial charge is 0.408 e. The van der Waals surface area contributed by atoms with Crippen molar-refractivity contribution in [3.8, 4) is 0 Å². The standard InChI is InChI=1S/C16H30N2O3/c1-12-8-7-9-18(11-12)13(19)10-16(5,6)17-14(20)21-15(2,3)4/h12H,7-11H2,1-6H3,(H,17,20)/t12-/m1/s1. The molecule has 0 spiro atoms. The molecule has 0 unspecified atom stereocenters. The molecule has 0 aromatic heterocycles. The Hall–Kier alpha value is -1.26. The Morgan fingerprint density at radius 2 is 1.86 bits per heavy atom. The monoisotopic (exact) mass is 298 g/mol. The molecule has 21 heavy (non-hydrogen) atoms. The van der Waals surface area contributed by atoms with Gasteiger partial charge in [0.1, 0.15) is 5.60 Å². The number of carbonyl (C=O) groups is 2. The molecular weight excluding hydrogens is 268 g/mol. The van der Waals surface area contributed by atoms with E-state index in [1.165, 1.54) is 6.42 Å². The van der Waals surface area contributed by atoms with E-state index < -0.39 is 17.2 Å². The second-order valence-corrected chi connectivity index (χ2v) is 7.77. The molecule has 1 atom stereocenters. The van der Waals surface area contributed by atoms with Gasteiger partial charge in [0, 0.05) is 25.0 Å². The first-order chi connectivity index (χ1) is 9.48. The van der Waals surface area contributed by atoms with Gasteiger partial charge in [-0.25, -0.2) is 4.79 Å². The third-order valence-corrected chi connectivity index (χ3v) is 3.44. The lowest BCUT2D eigenvalue weighted by Crippen LogP contribution is -2.50. The van der Waals surface area contributed by atoms with Crippen molar-refractivity contribution >= 4 is 12.0 Å². The maximum absolute atomic E-state index is 12.4. The van der Waals surface area contributed by atoms with E-state index in [1.54, 1.807) is 0 Å². The van der Waals surface area contributed by atoms with Crippen LogP contribution in [0.25, 0.3) is 0 Å². The number of ether oxygens (including phenoxy) is 1. The molecular formula is C16H30N2O3. The van der Waals surface area contributed by atoms with Crippen LogP contribution in [-0.2, 0) is 9.53 Å². The average Bonchev–Trinajstić information content (AvgIpc) is 2.24. The second kappa shape index (κ2) is 6.67. The van der Waals surface area contributed by atoms with Crippen LogP contribution in [0.15, 0.2) is 0 Å². The molecule has 0 saturated carbocycles. The van der Waals surface area contributed by atoms with Gasteiger partial charge in [0.2, 0.25) is 5.91 Å². The van der Waals surface area contributed by atoms with Crippen LogP contribution in [0.5, 0.6) is 0 Å². The number of rotatable bonds is 3. The van der Waals surface area contributed by atoms with Crippen molar-refractivity contribution in [2.24, 2.45) is 5.92 Å². The first-order valence-electron chi connectivity index (χ1n) is 7.77. The highest BCUT2D eigenvalue weighted by Gasteiger charge is 2.30. The zero-order chi connectivity index (χ0) is 16.3. The summed E-state index contributed by atoms with van der Waals surface area (Å²) >= 11 is 0. The van der Waals surface area contributed by atoms with E-state index in [0.29, 0.717) is 12.3 Å². The Balaban J connectivity index is 2.51. The zero-order valence-electron chi connectivity index (χ0n) is 14.3. The fraction of sp³-hybridized carbons (Fsp3) is 0.875. The van der Waals surface area contributed by atoms with Gasteiger partial charge >= 0.3 is 6.09 Å². The van der Waals surface area contributed by atoms with Crippen molar-refractivity contribution in [2.75, 3.05) is 13.1 Å². The highest BCUT2D eigenvalue weighted by molar-refractivity contribution is 5.78. The lowest BCUT2D eigenvalue weighted by atomic mass is 9.96. The summed E-state index contributed by atoms with van der Waals surface area (Å²) in [5, 5.41) is 2.79. The zero-order valence-corrected chi connectivity index (χ0v) is 14.3. The van der Waals surface area contributed by atoms with Gasteiger partial charge in [0.15, 0.2) is 0 Å². The lowest BCUT2D eigenvalue weighted by Gasteiger charge is -2.34. The molecule has 1 aliphatic rings. The molecule has 0 aliphatic carbocycles. The van der Waals surface area contributed by atoms with Crippen LogP contribution in [0.1, 0.15) is 60.8 Å². The molecule has 1 N–H and O–H groups in total. The van der Waals surface area contributed by atoms with Crippen LogP contribution in [0.4, 0.5) is 4.79 Å². The molecule has 1 aliphatic heterocycles. The Bertz CT molecular complexity index is 385. The molecule has 122 valence electrons. The quantitative estimate of drug-likeness (QED) is 0.871. The Morgan fingerprint density at radius 1 is 1.24 bits per heavy atom. The van der Waals surface area contributed by atoms with Crippen LogP contribution in [0.3, 0.4) is 0 Å². The van der Waals surface area contributed by atoms with Crippen molar-refractivity contribution in [3.05, 3.63) is 0 Å². The summed E-state index contributed by atoms with van der Waals surface area (Å²) in [6.45, 7) is 13.0. The van der Waals surface area contributed by atoms with E-state index in [4.69, 9.17) is 4.74 Å². The number of amides is 2. The van der Waals surface area contributed by atoms with Gasteiger partial charge in [-0.15, -0.1) is 0 Å². The number of nitrogens with zero attached hydrogens (tertiary/aromatic N) is 1. The van der Waals surface area contributed by atoms with Crippen LogP contribution < -0.4 is 5.32 Å². The van der Waals surface area contributed by atoms with Gasteiger partial charge in [-0.2, -0.15) is 0 Å². The summed E-state index contributed by atoms with van der Waals surface area (Å²) in [7, 11) is 0. The van der Waals surface area contributed by atoms with Crippen molar-refractivity contribution in [1.29, 1.82) is 0 Å². The molecule has 0 radical (unpaired) electrons. The fourth-order valence-corrected chi connectivity index (χ4v) is 2.53. The number of hydrogen-bond donors (Lipinski definition) is 1. The Morgan fingerprint density at radius 3 is 2.38 bits per heavy atom. The highest BCUT2D eigenvalue weighted by atomic mass is 16.6. The number of carbonyl (C=O) groups excluding carboxylic acids is 2. The van der Waals surface area contributed by atoms with Crippen molar-refractivity contribution in [3.63, 3.8) is 0 Å². The average molecular weight is 298 g/mol. The lowest BCUT2D eigenvalue weighted by molar-refractivity contribution is -0.134. The third kappa shape index (κ3) is 6.82. The largest absolute Gasteiger partial charge is 0.444 e. The highest BCUT2D eigenvalue weighted by Crippen LogP contribution is 2.19. The van der Waals surface area contributed by atoms with Crippen LogP contribution in [0.2, 0.25) is 0 Å². The summed E-state index contributed by atoms with van der Waals surface area (Å²) in [6.07, 6.45) is 2.06. The van der Waals surface area contributed by atoms with E-state index >= 15 is 0 Å². The summed E-state index contributed by atoms with van der Waals surface area (Å²) in [5.74, 6) is 0.659. The Labute approximate surface area is 128 Å². The van der Waals surface area contributed by atoms with Gasteiger partial charge in [0.25, 0.3) is 0 Å². The number of nitrogens with one attached hydrogen (secondary N) is 1. The van der Waals surface area contributed by atoms with E-state index in [2.05, 4.69) is 12.2 Å². The summed E-state index contributed by atoms with van der Waals surface area (Å²) in [4.78, 5) is 26.1. The van der Waals surface area contributed by atoms with Gasteiger partial charge in [-0.05, 0) is 53.4 Å². The summed E-state index contributed by atoms with van der Waals surface area (Å²) < 4.78 is 5.24. The molecule has 0 aromatic rings. The molecule has 1 heterocycles. The van der Waals surface area contributed by atoms with E-state index in [9.17, 15) is 9.59 Å². The topological polar surface area (TPSA) is 58.6 Å². The van der Waals surface area contributed by atoms with Gasteiger partial charge < -0.3 is 15.0 Å². The predicted octanol–water partition coefficient (Wildman–Crippen LogP) is 2.94. The second-order valence-electron chi connectivity index (χ2n) is 7.77. The van der Waals surface area contributed by atoms with Crippen LogP contribution in [-0.4, -0.2) is 41.1 Å². The summed E-state index contributed by atoms with van der Waals surface area (Å²) in [6, 6.07) is 0. The minimum absolute atomic E-state index is 0.0996. The molecule has 1 rings (SSSR count). The van der Waals surface area contributed by atoms with Crippen LogP contribution >= 0.6 is 0 Å². The fourth-order valence-electron chi connectivity index (χ4n) is 2.53. The molecule has 0 aromatic carbocycles. The SMILES string of the molecule is C[C@@H]1CCCN(C(=O)CC(C)(C)NC(=O)OC(C)(C)C)C1. The van der Waals surface area contributed by atoms with Crippen molar-refractivity contribution in [2.45, 2.75) is 71.9 Å². The molecule has 1 fully saturated rings. The van der Waals surface area contributed by atoms with E-state index in [0.717, 1.165) is 19.5 Å². The molecule has 0 bridgehead atoms. The normalized spacial score (nSPS) is 20.1. The Kier molecular flexibility index (Phi) is 5.65. The van der Waals surface area contributed by atoms with Gasteiger partial charge in [0.05, 0.1) is 0 Å². The van der Waals surface area contributed by atoms with E-state index in [-0.39, 0.29) is 5.91 Å². The number of alkyl carbamates (subject to hydrolysis) is 1. The van der Waals surface area contributed by atoms with E-state index in [1.807, 2.05) is 39.5 Å². The third-order valence-electron chi connectivity index (χ3n) is 3.44. The maximum Gasteiger partial charge on any atom is 0.408 e. The first kappa shape index (κ1) is 17.8. The minimum Gasteiger partial charge on any atom is -0.444 e. The summed E-state index contributed by atoms with van der Waals surface area (Å²) in [5.41, 5.74) is -1.15. The number of piperidine rings is 1. The number of likely N-dealkylation sites (tertiary alicyclic amines) is 1. The van der Waals surface area contributed by atoms with Crippen LogP contribution in [0, 0.1) is 5.92 Å². The predicted molar refractivity (Wildman–Crippen MR) is 83.0 cm³/mol. The minimum atomic E-state index is -0.611. The molecule has 2 amide bonds. The van der Waals surface area contributed by atoms with Crippen molar-refractivity contribution < 1.29 is 14.3 Å². The van der Waals surface area contributed by atoms with Gasteiger partial charge in [-0.1, -0.05) is 6.92 Å². The first-order valence-corrected chi connectivity index (χ1v) is 7.77. The maximum atomic E-state index is 12.4. The number of hydrogen-bond acceptors (Lipinski definition) is 3. The van der Waals surface area contributed by atoms with Gasteiger partial charge in [-0.3, -0.25) is 4.79 Å². The molecule has 1 saturated heterocycles. The molecule has 5 heteroatoms. The molecule has 5 nitrogen and oxygen atoms in total.